The molecule has 9 nitrogen and oxygen atoms in total. The summed E-state index contributed by atoms with van der Waals surface area (Å²) in [7, 11) is 3.08. The van der Waals surface area contributed by atoms with E-state index in [1.54, 1.807) is 31.3 Å². The predicted molar refractivity (Wildman–Crippen MR) is 111 cm³/mol. The van der Waals surface area contributed by atoms with Crippen molar-refractivity contribution in [2.75, 3.05) is 32.7 Å². The molecule has 0 bridgehead atoms. The van der Waals surface area contributed by atoms with Crippen LogP contribution < -0.4 is 15.4 Å². The number of ether oxygens (including phenoxy) is 2. The molecule has 4 rings (SSSR count). The molecule has 0 saturated carbocycles. The molecule has 3 atom stereocenters. The largest absolute Gasteiger partial charge is 0.592 e. The molecule has 29 heavy (non-hydrogen) atoms. The highest BCUT2D eigenvalue weighted by atomic mass is 35.5. The Morgan fingerprint density at radius 3 is 3.17 bits per heavy atom. The molecule has 3 unspecified atom stereocenters. The number of amides is 1. The van der Waals surface area contributed by atoms with E-state index >= 15 is 0 Å². The summed E-state index contributed by atoms with van der Waals surface area (Å²) in [6.07, 6.45) is 0. The van der Waals surface area contributed by atoms with E-state index in [1.165, 1.54) is 22.8 Å². The molecular weight excluding hydrogens is 438 g/mol. The second-order valence-electron chi connectivity index (χ2n) is 6.53. The monoisotopic (exact) mass is 455 g/mol. The Balaban J connectivity index is 1.63. The van der Waals surface area contributed by atoms with E-state index in [2.05, 4.69) is 15.6 Å². The van der Waals surface area contributed by atoms with Gasteiger partial charge in [-0.25, -0.2) is 0 Å². The second kappa shape index (κ2) is 7.65. The molecule has 0 aliphatic carbocycles. The number of carbonyl (C=O) groups is 1. The molecule has 0 radical (unpaired) electrons. The molecule has 3 N–H and O–H groups in total. The lowest BCUT2D eigenvalue weighted by molar-refractivity contribution is 0.103. The van der Waals surface area contributed by atoms with Crippen LogP contribution in [0.5, 0.6) is 5.88 Å². The number of pyridine rings is 1. The summed E-state index contributed by atoms with van der Waals surface area (Å²) in [6, 6.07) is 6.61. The topological polar surface area (TPSA) is 123 Å². The molecule has 1 amide bonds. The Bertz CT molecular complexity index is 973. The van der Waals surface area contributed by atoms with Gasteiger partial charge in [0.25, 0.3) is 5.91 Å². The SMILES string of the molecule is COc1cccc(NC(=O)c2cc(Cl)c(C34COCC3[S+]([O-])N(C)C(=N)N4)s2)n1. The van der Waals surface area contributed by atoms with Gasteiger partial charge < -0.3 is 24.7 Å². The first-order valence-corrected chi connectivity index (χ1v) is 10.9. The van der Waals surface area contributed by atoms with Crippen LogP contribution in [0.3, 0.4) is 0 Å². The van der Waals surface area contributed by atoms with Gasteiger partial charge in [0.15, 0.2) is 10.8 Å². The van der Waals surface area contributed by atoms with E-state index < -0.39 is 22.2 Å². The number of nitrogens with one attached hydrogen (secondary N) is 3. The van der Waals surface area contributed by atoms with E-state index in [0.717, 1.165) is 0 Å². The van der Waals surface area contributed by atoms with Crippen molar-refractivity contribution in [1.29, 1.82) is 5.41 Å². The number of methoxy groups -OCH3 is 1. The van der Waals surface area contributed by atoms with Crippen LogP contribution in [0.2, 0.25) is 5.02 Å². The fraction of sp³-hybridized carbons (Fsp3) is 0.353. The summed E-state index contributed by atoms with van der Waals surface area (Å²) in [6.45, 7) is 0.471. The lowest BCUT2D eigenvalue weighted by Crippen LogP contribution is -2.66. The van der Waals surface area contributed by atoms with Gasteiger partial charge in [0.05, 0.1) is 53.5 Å². The van der Waals surface area contributed by atoms with Gasteiger partial charge in [-0.05, 0) is 12.1 Å². The average Bonchev–Trinajstić information content (AvgIpc) is 3.31. The molecular formula is C17H18ClN5O4S2. The van der Waals surface area contributed by atoms with Gasteiger partial charge in [-0.1, -0.05) is 17.7 Å². The van der Waals surface area contributed by atoms with E-state index in [4.69, 9.17) is 26.5 Å². The van der Waals surface area contributed by atoms with E-state index in [0.29, 0.717) is 26.5 Å². The Kier molecular flexibility index (Phi) is 5.34. The summed E-state index contributed by atoms with van der Waals surface area (Å²) in [4.78, 5) is 17.9. The third kappa shape index (κ3) is 3.42. The maximum atomic E-state index is 12.8. The average molecular weight is 456 g/mol. The Labute approximate surface area is 179 Å². The number of halogens is 1. The van der Waals surface area contributed by atoms with Crippen molar-refractivity contribution in [2.24, 2.45) is 0 Å². The Morgan fingerprint density at radius 2 is 2.41 bits per heavy atom. The highest BCUT2D eigenvalue weighted by molar-refractivity contribution is 7.90. The summed E-state index contributed by atoms with van der Waals surface area (Å²) >= 11 is 6.20. The third-order valence-corrected chi connectivity index (χ3v) is 8.28. The molecule has 2 aromatic rings. The molecule has 154 valence electrons. The van der Waals surface area contributed by atoms with Crippen LogP contribution in [0, 0.1) is 5.41 Å². The van der Waals surface area contributed by atoms with Crippen LogP contribution in [0.25, 0.3) is 0 Å². The highest BCUT2D eigenvalue weighted by Gasteiger charge is 2.60. The number of anilines is 1. The van der Waals surface area contributed by atoms with Crippen LogP contribution in [0.1, 0.15) is 14.5 Å². The summed E-state index contributed by atoms with van der Waals surface area (Å²) in [5.41, 5.74) is -0.914. The third-order valence-electron chi connectivity index (χ3n) is 4.81. The molecule has 2 aliphatic heterocycles. The molecule has 0 aromatic carbocycles. The number of guanidine groups is 1. The van der Waals surface area contributed by atoms with Crippen molar-refractivity contribution in [3.05, 3.63) is 39.0 Å². The van der Waals surface area contributed by atoms with Gasteiger partial charge in [-0.15, -0.1) is 11.3 Å². The van der Waals surface area contributed by atoms with Crippen molar-refractivity contribution in [1.82, 2.24) is 14.6 Å². The molecule has 12 heteroatoms. The van der Waals surface area contributed by atoms with Crippen molar-refractivity contribution in [3.8, 4) is 5.88 Å². The van der Waals surface area contributed by atoms with Crippen LogP contribution >= 0.6 is 22.9 Å². The lowest BCUT2D eigenvalue weighted by Gasteiger charge is -2.42. The normalized spacial score (nSPS) is 26.1. The van der Waals surface area contributed by atoms with Gasteiger partial charge in [0.2, 0.25) is 11.8 Å². The van der Waals surface area contributed by atoms with Gasteiger partial charge >= 0.3 is 0 Å². The minimum Gasteiger partial charge on any atom is -0.592 e. The number of hydrogen-bond donors (Lipinski definition) is 3. The lowest BCUT2D eigenvalue weighted by atomic mass is 9.95. The van der Waals surface area contributed by atoms with Crippen LogP contribution in [0.15, 0.2) is 24.3 Å². The number of carbonyl (C=O) groups excluding carboxylic acids is 1. The molecule has 2 saturated heterocycles. The fourth-order valence-electron chi connectivity index (χ4n) is 3.31. The zero-order chi connectivity index (χ0) is 20.8. The van der Waals surface area contributed by atoms with Crippen molar-refractivity contribution in [3.63, 3.8) is 0 Å². The molecule has 2 fully saturated rings. The molecule has 2 aromatic heterocycles. The Hall–Kier alpha value is -2.05. The quantitative estimate of drug-likeness (QED) is 0.600. The van der Waals surface area contributed by atoms with Gasteiger partial charge in [0.1, 0.15) is 5.82 Å². The smallest absolute Gasteiger partial charge is 0.266 e. The second-order valence-corrected chi connectivity index (χ2v) is 9.66. The zero-order valence-corrected chi connectivity index (χ0v) is 17.9. The molecule has 0 spiro atoms. The molecule has 4 heterocycles. The van der Waals surface area contributed by atoms with Crippen LogP contribution in [-0.2, 0) is 21.6 Å². The number of aromatic nitrogens is 1. The first-order valence-electron chi connectivity index (χ1n) is 8.57. The number of nitrogens with zero attached hydrogens (tertiary/aromatic N) is 2. The Morgan fingerprint density at radius 1 is 1.62 bits per heavy atom. The van der Waals surface area contributed by atoms with Crippen LogP contribution in [0.4, 0.5) is 5.82 Å². The summed E-state index contributed by atoms with van der Waals surface area (Å²) < 4.78 is 24.8. The number of thiophene rings is 1. The first kappa shape index (κ1) is 20.2. The van der Waals surface area contributed by atoms with Crippen LogP contribution in [-0.4, -0.2) is 58.3 Å². The molecule has 2 aliphatic rings. The highest BCUT2D eigenvalue weighted by Crippen LogP contribution is 2.45. The first-order chi connectivity index (χ1) is 13.9. The van der Waals surface area contributed by atoms with Crippen molar-refractivity contribution >= 4 is 52.0 Å². The zero-order valence-electron chi connectivity index (χ0n) is 15.5. The number of rotatable bonds is 4. The maximum absolute atomic E-state index is 12.8. The van der Waals surface area contributed by atoms with E-state index in [1.807, 2.05) is 0 Å². The van der Waals surface area contributed by atoms with Gasteiger partial charge in [0, 0.05) is 6.07 Å². The maximum Gasteiger partial charge on any atom is 0.266 e. The van der Waals surface area contributed by atoms with Gasteiger partial charge in [-0.3, -0.25) is 10.2 Å². The standard InChI is InChI=1S/C17H18ClN5O4S2/c1-23-16(19)22-17(8-27-7-11(17)29(23)25)14-9(18)6-10(28-14)15(24)21-12-4-3-5-13(20-12)26-2/h3-6,11H,7-8H2,1-2H3,(H2,19,22)(H,20,21,24). The van der Waals surface area contributed by atoms with E-state index in [9.17, 15) is 9.35 Å². The number of hydrogen-bond acceptors (Lipinski definition) is 7. The predicted octanol–water partition coefficient (Wildman–Crippen LogP) is 1.78. The number of fused-ring (bicyclic) bond motifs is 1. The van der Waals surface area contributed by atoms with E-state index in [-0.39, 0.29) is 25.1 Å². The minimum absolute atomic E-state index is 0.0149. The minimum atomic E-state index is -1.46. The summed E-state index contributed by atoms with van der Waals surface area (Å²) in [5.74, 6) is 0.371. The van der Waals surface area contributed by atoms with Crippen molar-refractivity contribution < 1.29 is 18.8 Å². The fourth-order valence-corrected chi connectivity index (χ4v) is 6.38. The summed E-state index contributed by atoms with van der Waals surface area (Å²) in [5, 5.41) is 13.9. The van der Waals surface area contributed by atoms with Crippen molar-refractivity contribution in [2.45, 2.75) is 10.8 Å². The van der Waals surface area contributed by atoms with Gasteiger partial charge in [-0.2, -0.15) is 9.29 Å².